The molecule has 0 bridgehead atoms. The molecule has 10 heteroatoms. The molecule has 0 fully saturated rings. The molecule has 0 aliphatic heterocycles. The van der Waals surface area contributed by atoms with Gasteiger partial charge in [0, 0.05) is 17.1 Å². The summed E-state index contributed by atoms with van der Waals surface area (Å²) < 4.78 is 67.2. The van der Waals surface area contributed by atoms with E-state index >= 15 is 0 Å². The molecular formula is C19H16F3N3O2S2. The smallest absolute Gasteiger partial charge is 0.325 e. The largest absolute Gasteiger partial charge is 0.433 e. The number of aromatic nitrogens is 3. The van der Waals surface area contributed by atoms with Crippen LogP contribution in [0, 0.1) is 6.92 Å². The number of imidazole rings is 1. The highest BCUT2D eigenvalue weighted by atomic mass is 32.2. The Kier molecular flexibility index (Phi) is 4.47. The van der Waals surface area contributed by atoms with Crippen molar-refractivity contribution >= 4 is 42.3 Å². The first kappa shape index (κ1) is 19.8. The van der Waals surface area contributed by atoms with Crippen molar-refractivity contribution in [2.45, 2.75) is 24.9 Å². The first-order valence-electron chi connectivity index (χ1n) is 8.69. The summed E-state index contributed by atoms with van der Waals surface area (Å²) in [5.41, 5.74) is 0.442. The molecule has 0 unspecified atom stereocenters. The highest BCUT2D eigenvalue weighted by molar-refractivity contribution is 7.92. The Morgan fingerprint density at radius 2 is 1.93 bits per heavy atom. The van der Waals surface area contributed by atoms with Crippen LogP contribution in [-0.2, 0) is 23.1 Å². The lowest BCUT2D eigenvalue weighted by molar-refractivity contribution is -0.141. The minimum Gasteiger partial charge on any atom is -0.325 e. The number of alkyl halides is 3. The van der Waals surface area contributed by atoms with Crippen molar-refractivity contribution in [3.8, 4) is 10.7 Å². The Morgan fingerprint density at radius 1 is 1.21 bits per heavy atom. The second kappa shape index (κ2) is 6.53. The van der Waals surface area contributed by atoms with E-state index in [1.807, 2.05) is 19.1 Å². The van der Waals surface area contributed by atoms with Crippen molar-refractivity contribution in [1.29, 1.82) is 0 Å². The Balaban J connectivity index is 2.05. The highest BCUT2D eigenvalue weighted by Crippen LogP contribution is 2.42. The topological polar surface area (TPSA) is 64.8 Å². The van der Waals surface area contributed by atoms with Gasteiger partial charge in [0.1, 0.15) is 5.69 Å². The molecule has 0 spiro atoms. The second-order valence-corrected chi connectivity index (χ2v) is 9.98. The average Bonchev–Trinajstić information content (AvgIpc) is 3.18. The van der Waals surface area contributed by atoms with Gasteiger partial charge in [-0.25, -0.2) is 18.4 Å². The average molecular weight is 439 g/mol. The van der Waals surface area contributed by atoms with Gasteiger partial charge >= 0.3 is 6.18 Å². The maximum Gasteiger partial charge on any atom is 0.433 e. The van der Waals surface area contributed by atoms with E-state index in [1.165, 1.54) is 11.3 Å². The van der Waals surface area contributed by atoms with Gasteiger partial charge in [-0.3, -0.25) is 0 Å². The number of hydrogen-bond donors (Lipinski definition) is 0. The lowest BCUT2D eigenvalue weighted by Gasteiger charge is -2.06. The predicted molar refractivity (Wildman–Crippen MR) is 107 cm³/mol. The van der Waals surface area contributed by atoms with Gasteiger partial charge in [-0.2, -0.15) is 13.2 Å². The molecule has 4 rings (SSSR count). The van der Waals surface area contributed by atoms with E-state index in [9.17, 15) is 21.6 Å². The number of sulfone groups is 1. The third-order valence-corrected chi connectivity index (χ3v) is 7.84. The molecule has 0 N–H and O–H groups in total. The molecule has 29 heavy (non-hydrogen) atoms. The van der Waals surface area contributed by atoms with E-state index in [0.717, 1.165) is 22.5 Å². The van der Waals surface area contributed by atoms with Crippen LogP contribution in [-0.4, -0.2) is 28.7 Å². The maximum absolute atomic E-state index is 13.0. The second-order valence-electron chi connectivity index (χ2n) is 6.71. The van der Waals surface area contributed by atoms with Crippen LogP contribution in [0.2, 0.25) is 0 Å². The Labute approximate surface area is 168 Å². The number of nitrogens with zero attached hydrogens (tertiary/aromatic N) is 3. The normalized spacial score (nSPS) is 12.9. The number of aryl methyl sites for hydroxylation is 2. The summed E-state index contributed by atoms with van der Waals surface area (Å²) in [5, 5.41) is 0.596. The van der Waals surface area contributed by atoms with Gasteiger partial charge in [-0.15, -0.1) is 11.3 Å². The number of hydrogen-bond acceptors (Lipinski definition) is 5. The van der Waals surface area contributed by atoms with E-state index < -0.39 is 21.7 Å². The molecule has 3 heterocycles. The molecule has 0 aliphatic carbocycles. The fraction of sp³-hybridized carbons (Fsp3) is 0.263. The number of halogens is 3. The van der Waals surface area contributed by atoms with Gasteiger partial charge in [-0.05, 0) is 24.6 Å². The molecule has 4 aromatic rings. The van der Waals surface area contributed by atoms with Crippen molar-refractivity contribution < 1.29 is 21.6 Å². The van der Waals surface area contributed by atoms with Gasteiger partial charge in [0.05, 0.1) is 32.8 Å². The third-order valence-electron chi connectivity index (χ3n) is 4.75. The maximum atomic E-state index is 13.0. The van der Waals surface area contributed by atoms with Crippen LogP contribution in [0.3, 0.4) is 0 Å². The van der Waals surface area contributed by atoms with Gasteiger partial charge < -0.3 is 4.57 Å². The summed E-state index contributed by atoms with van der Waals surface area (Å²) in [6.45, 7) is 3.47. The van der Waals surface area contributed by atoms with Crippen LogP contribution in [0.15, 0.2) is 35.4 Å². The minimum atomic E-state index is -4.59. The van der Waals surface area contributed by atoms with Crippen molar-refractivity contribution in [2.75, 3.05) is 5.75 Å². The van der Waals surface area contributed by atoms with Crippen LogP contribution >= 0.6 is 11.3 Å². The zero-order valence-electron chi connectivity index (χ0n) is 15.7. The molecule has 5 nitrogen and oxygen atoms in total. The molecule has 0 atom stereocenters. The zero-order valence-corrected chi connectivity index (χ0v) is 17.3. The van der Waals surface area contributed by atoms with Gasteiger partial charge in [-0.1, -0.05) is 19.1 Å². The van der Waals surface area contributed by atoms with E-state index in [0.29, 0.717) is 21.6 Å². The third kappa shape index (κ3) is 3.20. The fourth-order valence-corrected chi connectivity index (χ4v) is 6.19. The molecule has 0 saturated carbocycles. The number of thiophene rings is 1. The molecule has 3 aromatic heterocycles. The molecule has 152 valence electrons. The Morgan fingerprint density at radius 3 is 2.59 bits per heavy atom. The minimum absolute atomic E-state index is 0.0938. The molecule has 0 radical (unpaired) electrons. The number of fused-ring (bicyclic) bond motifs is 2. The lowest BCUT2D eigenvalue weighted by Crippen LogP contribution is -2.07. The van der Waals surface area contributed by atoms with Crippen LogP contribution < -0.4 is 0 Å². The first-order valence-corrected chi connectivity index (χ1v) is 11.2. The van der Waals surface area contributed by atoms with Crippen LogP contribution in [0.4, 0.5) is 13.2 Å². The van der Waals surface area contributed by atoms with Gasteiger partial charge in [0.15, 0.2) is 15.7 Å². The van der Waals surface area contributed by atoms with Crippen molar-refractivity contribution in [3.63, 3.8) is 0 Å². The van der Waals surface area contributed by atoms with Crippen LogP contribution in [0.25, 0.3) is 31.8 Å². The summed E-state index contributed by atoms with van der Waals surface area (Å²) in [7, 11) is -1.96. The molecule has 0 amide bonds. The van der Waals surface area contributed by atoms with E-state index in [1.54, 1.807) is 24.6 Å². The summed E-state index contributed by atoms with van der Waals surface area (Å²) in [4.78, 5) is 8.42. The predicted octanol–water partition coefficient (Wildman–Crippen LogP) is 4.97. The summed E-state index contributed by atoms with van der Waals surface area (Å²) >= 11 is 1.27. The molecule has 1 aromatic carbocycles. The van der Waals surface area contributed by atoms with Crippen LogP contribution in [0.5, 0.6) is 0 Å². The zero-order chi connectivity index (χ0) is 21.1. The number of benzene rings is 1. The number of pyridine rings is 1. The van der Waals surface area contributed by atoms with Gasteiger partial charge in [0.2, 0.25) is 0 Å². The van der Waals surface area contributed by atoms with Crippen molar-refractivity contribution in [2.24, 2.45) is 7.05 Å². The monoisotopic (exact) mass is 439 g/mol. The Bertz CT molecular complexity index is 1370. The molecule has 0 aliphatic rings. The van der Waals surface area contributed by atoms with E-state index in [4.69, 9.17) is 0 Å². The van der Waals surface area contributed by atoms with E-state index in [-0.39, 0.29) is 16.2 Å². The SMILES string of the molecule is CCS(=O)(=O)c1c(-c2nc3cc(C(F)(F)F)ncc3n2C)sc2cc(C)ccc12. The molecular weight excluding hydrogens is 423 g/mol. The number of rotatable bonds is 3. The summed E-state index contributed by atoms with van der Waals surface area (Å²) in [5.74, 6) is 0.204. The standard InChI is InChI=1S/C19H16F3N3O2S2/c1-4-29(26,27)17-11-6-5-10(2)7-14(11)28-16(17)18-24-12-8-15(19(20,21)22)23-9-13(12)25(18)3/h5-9H,4H2,1-3H3. The summed E-state index contributed by atoms with van der Waals surface area (Å²) in [6, 6.07) is 6.37. The lowest BCUT2D eigenvalue weighted by atomic mass is 10.2. The quantitative estimate of drug-likeness (QED) is 0.452. The van der Waals surface area contributed by atoms with Crippen LogP contribution in [0.1, 0.15) is 18.2 Å². The first-order chi connectivity index (χ1) is 13.5. The van der Waals surface area contributed by atoms with E-state index in [2.05, 4.69) is 9.97 Å². The van der Waals surface area contributed by atoms with Crippen molar-refractivity contribution in [3.05, 3.63) is 41.7 Å². The summed E-state index contributed by atoms with van der Waals surface area (Å²) in [6.07, 6.45) is -3.47. The Hall–Kier alpha value is -2.46. The molecule has 0 saturated heterocycles. The highest BCUT2D eigenvalue weighted by Gasteiger charge is 2.33. The van der Waals surface area contributed by atoms with Gasteiger partial charge in [0.25, 0.3) is 0 Å². The van der Waals surface area contributed by atoms with Crippen molar-refractivity contribution in [1.82, 2.24) is 14.5 Å². The fourth-order valence-electron chi connectivity index (χ4n) is 3.23.